The molecule has 0 saturated carbocycles. The molecule has 0 aromatic carbocycles. The zero-order chi connectivity index (χ0) is 15.2. The van der Waals surface area contributed by atoms with E-state index in [0.29, 0.717) is 24.4 Å². The van der Waals surface area contributed by atoms with Gasteiger partial charge in [0.2, 0.25) is 5.88 Å². The molecular formula is C16H28N4O. The molecule has 21 heavy (non-hydrogen) atoms. The van der Waals surface area contributed by atoms with Crippen LogP contribution in [0.3, 0.4) is 0 Å². The molecule has 118 valence electrons. The summed E-state index contributed by atoms with van der Waals surface area (Å²) >= 11 is 0. The van der Waals surface area contributed by atoms with Crippen molar-refractivity contribution >= 4 is 5.82 Å². The van der Waals surface area contributed by atoms with E-state index in [9.17, 15) is 0 Å². The third kappa shape index (κ3) is 4.30. The first-order valence-corrected chi connectivity index (χ1v) is 8.04. The van der Waals surface area contributed by atoms with Gasteiger partial charge >= 0.3 is 0 Å². The summed E-state index contributed by atoms with van der Waals surface area (Å²) in [6.07, 6.45) is 4.13. The van der Waals surface area contributed by atoms with Gasteiger partial charge in [0.05, 0.1) is 12.2 Å². The van der Waals surface area contributed by atoms with Crippen LogP contribution in [0.2, 0.25) is 0 Å². The fraction of sp³-hybridized carbons (Fsp3) is 0.750. The fourth-order valence-electron chi connectivity index (χ4n) is 2.89. The maximum Gasteiger partial charge on any atom is 0.221 e. The van der Waals surface area contributed by atoms with Gasteiger partial charge in [-0.3, -0.25) is 0 Å². The van der Waals surface area contributed by atoms with Gasteiger partial charge in [-0.15, -0.1) is 0 Å². The van der Waals surface area contributed by atoms with Gasteiger partial charge in [-0.1, -0.05) is 13.8 Å². The normalized spacial score (nSPS) is 18.2. The van der Waals surface area contributed by atoms with Crippen molar-refractivity contribution in [1.82, 2.24) is 15.3 Å². The first-order chi connectivity index (χ1) is 10.1. The Balaban J connectivity index is 2.20. The third-order valence-corrected chi connectivity index (χ3v) is 3.78. The molecule has 2 heterocycles. The van der Waals surface area contributed by atoms with Crippen LogP contribution in [0, 0.1) is 12.8 Å². The summed E-state index contributed by atoms with van der Waals surface area (Å²) in [4.78, 5) is 11.2. The molecule has 5 nitrogen and oxygen atoms in total. The van der Waals surface area contributed by atoms with Gasteiger partial charge < -0.3 is 15.0 Å². The van der Waals surface area contributed by atoms with Crippen LogP contribution in [0.25, 0.3) is 0 Å². The van der Waals surface area contributed by atoms with Crippen molar-refractivity contribution < 1.29 is 4.74 Å². The van der Waals surface area contributed by atoms with Crippen LogP contribution in [0.5, 0.6) is 5.88 Å². The molecule has 0 bridgehead atoms. The molecule has 1 aliphatic heterocycles. The zero-order valence-corrected chi connectivity index (χ0v) is 13.7. The summed E-state index contributed by atoms with van der Waals surface area (Å²) in [7, 11) is 0. The minimum Gasteiger partial charge on any atom is -0.478 e. The number of anilines is 1. The Morgan fingerprint density at radius 1 is 1.43 bits per heavy atom. The molecule has 1 aliphatic rings. The molecule has 0 radical (unpaired) electrons. The summed E-state index contributed by atoms with van der Waals surface area (Å²) in [5.74, 6) is 2.31. The Morgan fingerprint density at radius 3 is 2.86 bits per heavy atom. The average Bonchev–Trinajstić information content (AvgIpc) is 2.93. The lowest BCUT2D eigenvalue weighted by molar-refractivity contribution is 0.323. The Labute approximate surface area is 128 Å². The van der Waals surface area contributed by atoms with Crippen LogP contribution in [0.4, 0.5) is 5.82 Å². The second kappa shape index (κ2) is 7.59. The molecule has 1 aromatic heterocycles. The van der Waals surface area contributed by atoms with Crippen LogP contribution < -0.4 is 15.0 Å². The molecule has 1 unspecified atom stereocenters. The molecule has 1 N–H and O–H groups in total. The molecule has 0 spiro atoms. The average molecular weight is 292 g/mol. The summed E-state index contributed by atoms with van der Waals surface area (Å²) in [5.41, 5.74) is 1.04. The Hall–Kier alpha value is -1.36. The van der Waals surface area contributed by atoms with E-state index in [1.54, 1.807) is 6.33 Å². The summed E-state index contributed by atoms with van der Waals surface area (Å²) in [6.45, 7) is 12.3. The van der Waals surface area contributed by atoms with Crippen LogP contribution in [0.15, 0.2) is 6.33 Å². The van der Waals surface area contributed by atoms with Gasteiger partial charge in [0.1, 0.15) is 12.1 Å². The first kappa shape index (κ1) is 16.0. The number of hydrogen-bond donors (Lipinski definition) is 1. The van der Waals surface area contributed by atoms with Crippen molar-refractivity contribution in [2.45, 2.75) is 46.6 Å². The van der Waals surface area contributed by atoms with Gasteiger partial charge in [-0.05, 0) is 39.2 Å². The van der Waals surface area contributed by atoms with E-state index < -0.39 is 0 Å². The topological polar surface area (TPSA) is 50.3 Å². The van der Waals surface area contributed by atoms with Gasteiger partial charge in [0.15, 0.2) is 0 Å². The Kier molecular flexibility index (Phi) is 5.79. The summed E-state index contributed by atoms with van der Waals surface area (Å²) < 4.78 is 5.61. The van der Waals surface area contributed by atoms with Gasteiger partial charge in [0, 0.05) is 19.1 Å². The molecule has 1 fully saturated rings. The number of nitrogens with one attached hydrogen (secondary N) is 1. The fourth-order valence-corrected chi connectivity index (χ4v) is 2.89. The Morgan fingerprint density at radius 2 is 2.24 bits per heavy atom. The van der Waals surface area contributed by atoms with Crippen LogP contribution in [0.1, 0.15) is 39.2 Å². The van der Waals surface area contributed by atoms with E-state index in [1.165, 1.54) is 12.8 Å². The van der Waals surface area contributed by atoms with E-state index in [2.05, 4.69) is 41.0 Å². The van der Waals surface area contributed by atoms with E-state index in [4.69, 9.17) is 4.74 Å². The molecule has 0 aliphatic carbocycles. The second-order valence-corrected chi connectivity index (χ2v) is 6.15. The molecule has 0 amide bonds. The SMILES string of the molecule is CCOc1ncnc(N(CC(C)C)CC2CCCN2)c1C. The van der Waals surface area contributed by atoms with E-state index in [-0.39, 0.29) is 0 Å². The highest BCUT2D eigenvalue weighted by molar-refractivity contribution is 5.50. The van der Waals surface area contributed by atoms with E-state index in [0.717, 1.165) is 31.0 Å². The maximum absolute atomic E-state index is 5.61. The van der Waals surface area contributed by atoms with Gasteiger partial charge in [-0.25, -0.2) is 9.97 Å². The molecule has 2 rings (SSSR count). The highest BCUT2D eigenvalue weighted by Gasteiger charge is 2.22. The minimum absolute atomic E-state index is 0.564. The van der Waals surface area contributed by atoms with Crippen LogP contribution >= 0.6 is 0 Å². The number of nitrogens with zero attached hydrogens (tertiary/aromatic N) is 3. The molecule has 1 aromatic rings. The van der Waals surface area contributed by atoms with Crippen molar-refractivity contribution in [3.63, 3.8) is 0 Å². The second-order valence-electron chi connectivity index (χ2n) is 6.15. The molecule has 1 atom stereocenters. The lowest BCUT2D eigenvalue weighted by Gasteiger charge is -2.29. The Bertz CT molecular complexity index is 444. The first-order valence-electron chi connectivity index (χ1n) is 8.04. The maximum atomic E-state index is 5.61. The van der Waals surface area contributed by atoms with E-state index in [1.807, 2.05) is 6.92 Å². The van der Waals surface area contributed by atoms with Crippen LogP contribution in [-0.2, 0) is 0 Å². The van der Waals surface area contributed by atoms with Crippen molar-refractivity contribution in [3.8, 4) is 5.88 Å². The zero-order valence-electron chi connectivity index (χ0n) is 13.7. The standard InChI is InChI=1S/C16H28N4O/c1-5-21-16-13(4)15(18-11-19-16)20(9-12(2)3)10-14-7-6-8-17-14/h11-12,14,17H,5-10H2,1-4H3. The van der Waals surface area contributed by atoms with Crippen LogP contribution in [-0.4, -0.2) is 42.3 Å². The van der Waals surface area contributed by atoms with Crippen molar-refractivity contribution in [1.29, 1.82) is 0 Å². The molecule has 5 heteroatoms. The van der Waals surface area contributed by atoms with Gasteiger partial charge in [-0.2, -0.15) is 0 Å². The van der Waals surface area contributed by atoms with Crippen molar-refractivity contribution in [2.24, 2.45) is 5.92 Å². The van der Waals surface area contributed by atoms with Crippen molar-refractivity contribution in [2.75, 3.05) is 31.1 Å². The number of ether oxygens (including phenoxy) is 1. The number of hydrogen-bond acceptors (Lipinski definition) is 5. The van der Waals surface area contributed by atoms with Crippen molar-refractivity contribution in [3.05, 3.63) is 11.9 Å². The minimum atomic E-state index is 0.564. The largest absolute Gasteiger partial charge is 0.478 e. The van der Waals surface area contributed by atoms with Gasteiger partial charge in [0.25, 0.3) is 0 Å². The summed E-state index contributed by atoms with van der Waals surface area (Å²) in [5, 5.41) is 3.57. The highest BCUT2D eigenvalue weighted by atomic mass is 16.5. The number of rotatable bonds is 7. The lowest BCUT2D eigenvalue weighted by atomic mass is 10.1. The lowest BCUT2D eigenvalue weighted by Crippen LogP contribution is -2.40. The van der Waals surface area contributed by atoms with E-state index >= 15 is 0 Å². The summed E-state index contributed by atoms with van der Waals surface area (Å²) in [6, 6.07) is 0.564. The predicted octanol–water partition coefficient (Wildman–Crippen LogP) is 2.40. The smallest absolute Gasteiger partial charge is 0.221 e. The third-order valence-electron chi connectivity index (χ3n) is 3.78. The highest BCUT2D eigenvalue weighted by Crippen LogP contribution is 2.25. The monoisotopic (exact) mass is 292 g/mol. The molecular weight excluding hydrogens is 264 g/mol. The predicted molar refractivity (Wildman–Crippen MR) is 86.0 cm³/mol. The molecule has 1 saturated heterocycles. The quantitative estimate of drug-likeness (QED) is 0.836. The number of aromatic nitrogens is 2.